The zero-order valence-corrected chi connectivity index (χ0v) is 32.9. The molecule has 0 amide bonds. The number of aliphatic hydroxyl groups excluding tert-OH is 2. The number of pyridine rings is 1. The van der Waals surface area contributed by atoms with E-state index in [1.165, 1.54) is 6.20 Å². The molecule has 12 heteroatoms. The first-order valence-corrected chi connectivity index (χ1v) is 19.7. The molecule has 2 aliphatic rings. The Morgan fingerprint density at radius 3 is 2.48 bits per heavy atom. The molecule has 3 N–H and O–H groups in total. The molecule has 0 bridgehead atoms. The van der Waals surface area contributed by atoms with Gasteiger partial charge in [0.05, 0.1) is 23.3 Å². The minimum absolute atomic E-state index is 0.0283. The summed E-state index contributed by atoms with van der Waals surface area (Å²) in [6, 6.07) is 19.1. The van der Waals surface area contributed by atoms with Crippen LogP contribution in [0.3, 0.4) is 0 Å². The van der Waals surface area contributed by atoms with Gasteiger partial charge in [-0.3, -0.25) is 14.7 Å². The SMILES string of the molecule is Cc1c(COc2cc(OCc3cncc(C#N)c3)c(CN3CCCC[C@H]3C(=O)O)cc2Cl)cccc1-c1cccc(OCCCN2CC[C@H](CO)[C@H](O)C2)c1C. The number of hydrogen-bond donors (Lipinski definition) is 3. The van der Waals surface area contributed by atoms with E-state index in [1.807, 2.05) is 29.2 Å². The number of benzene rings is 3. The Morgan fingerprint density at radius 1 is 0.929 bits per heavy atom. The first kappa shape index (κ1) is 40.9. The minimum Gasteiger partial charge on any atom is -0.493 e. The number of halogens is 1. The number of β-amino-alcohol motifs (C(OH)–C–C–N with tert-alkyl or cyclic N) is 1. The number of aliphatic carboxylic acids is 1. The van der Waals surface area contributed by atoms with Crippen molar-refractivity contribution in [2.24, 2.45) is 5.92 Å². The van der Waals surface area contributed by atoms with Gasteiger partial charge in [0.1, 0.15) is 42.6 Å². The molecule has 0 saturated carbocycles. The molecule has 0 aliphatic carbocycles. The molecule has 56 heavy (non-hydrogen) atoms. The fraction of sp³-hybridized carbons (Fsp3) is 0.432. The summed E-state index contributed by atoms with van der Waals surface area (Å²) in [6.07, 6.45) is 6.64. The highest BCUT2D eigenvalue weighted by Crippen LogP contribution is 2.37. The molecule has 0 spiro atoms. The number of nitrogens with zero attached hydrogens (tertiary/aromatic N) is 4. The summed E-state index contributed by atoms with van der Waals surface area (Å²) in [6.45, 7) is 8.41. The quantitative estimate of drug-likeness (QED) is 0.102. The number of piperidine rings is 2. The smallest absolute Gasteiger partial charge is 0.320 e. The highest BCUT2D eigenvalue weighted by molar-refractivity contribution is 6.32. The van der Waals surface area contributed by atoms with Crippen LogP contribution in [-0.4, -0.2) is 87.6 Å². The van der Waals surface area contributed by atoms with Gasteiger partial charge in [0.15, 0.2) is 0 Å². The number of likely N-dealkylation sites (tertiary alicyclic amines) is 2. The summed E-state index contributed by atoms with van der Waals surface area (Å²) in [5.74, 6) is 0.911. The zero-order chi connectivity index (χ0) is 39.6. The van der Waals surface area contributed by atoms with Crippen molar-refractivity contribution < 1.29 is 34.3 Å². The van der Waals surface area contributed by atoms with Crippen molar-refractivity contribution in [3.8, 4) is 34.4 Å². The fourth-order valence-electron chi connectivity index (χ4n) is 7.69. The van der Waals surface area contributed by atoms with Crippen LogP contribution in [0.25, 0.3) is 11.1 Å². The number of hydrogen-bond acceptors (Lipinski definition) is 10. The first-order chi connectivity index (χ1) is 27.1. The lowest BCUT2D eigenvalue weighted by atomic mass is 9.93. The van der Waals surface area contributed by atoms with Gasteiger partial charge in [-0.2, -0.15) is 5.26 Å². The van der Waals surface area contributed by atoms with Crippen LogP contribution in [0, 0.1) is 31.1 Å². The van der Waals surface area contributed by atoms with E-state index in [2.05, 4.69) is 41.9 Å². The van der Waals surface area contributed by atoms with Gasteiger partial charge in [-0.1, -0.05) is 48.4 Å². The van der Waals surface area contributed by atoms with E-state index in [0.29, 0.717) is 54.7 Å². The van der Waals surface area contributed by atoms with Crippen molar-refractivity contribution in [3.63, 3.8) is 0 Å². The Balaban J connectivity index is 1.15. The Kier molecular flexibility index (Phi) is 14.2. The maximum atomic E-state index is 12.1. The van der Waals surface area contributed by atoms with Crippen molar-refractivity contribution in [1.82, 2.24) is 14.8 Å². The molecule has 3 aromatic carbocycles. The average Bonchev–Trinajstić information content (AvgIpc) is 3.20. The summed E-state index contributed by atoms with van der Waals surface area (Å²) in [5, 5.41) is 39.4. The number of aromatic nitrogens is 1. The molecule has 2 aliphatic heterocycles. The van der Waals surface area contributed by atoms with Crippen LogP contribution >= 0.6 is 11.6 Å². The van der Waals surface area contributed by atoms with Crippen LogP contribution in [0.1, 0.15) is 65.5 Å². The summed E-state index contributed by atoms with van der Waals surface area (Å²) in [4.78, 5) is 20.4. The standard InChI is InChI=1S/C44H51ClN4O7/c1-29-34(8-5-9-36(29)37-10-6-12-41(30(37)2)54-17-7-14-48-16-13-33(26-50)40(51)25-48)28-56-43-20-42(55-27-32-18-31(21-46)22-47-23-32)35(19-38(43)45)24-49-15-4-3-11-39(49)44(52)53/h5-6,8-10,12,18-20,22-23,33,39-40,50-51H,3-4,7,11,13-17,24-28H2,1-2H3,(H,52,53)/t33-,39+,40-/m1/s1. The highest BCUT2D eigenvalue weighted by atomic mass is 35.5. The van der Waals surface area contributed by atoms with Gasteiger partial charge >= 0.3 is 5.97 Å². The maximum absolute atomic E-state index is 12.1. The molecule has 296 valence electrons. The van der Waals surface area contributed by atoms with E-state index in [1.54, 1.807) is 24.4 Å². The van der Waals surface area contributed by atoms with Gasteiger partial charge in [0, 0.05) is 61.7 Å². The molecule has 0 radical (unpaired) electrons. The molecule has 1 aromatic heterocycles. The van der Waals surface area contributed by atoms with Gasteiger partial charge in [-0.25, -0.2) is 0 Å². The van der Waals surface area contributed by atoms with E-state index in [-0.39, 0.29) is 25.7 Å². The summed E-state index contributed by atoms with van der Waals surface area (Å²) in [7, 11) is 0. The number of carboxylic acids is 1. The van der Waals surface area contributed by atoms with Crippen LogP contribution < -0.4 is 14.2 Å². The van der Waals surface area contributed by atoms with E-state index in [0.717, 1.165) is 83.5 Å². The molecule has 2 saturated heterocycles. The highest BCUT2D eigenvalue weighted by Gasteiger charge is 2.30. The Hall–Kier alpha value is -4.70. The Bertz CT molecular complexity index is 2020. The van der Waals surface area contributed by atoms with Crippen molar-refractivity contribution in [1.29, 1.82) is 5.26 Å². The molecule has 11 nitrogen and oxygen atoms in total. The third-order valence-corrected chi connectivity index (χ3v) is 11.3. The van der Waals surface area contributed by atoms with E-state index in [4.69, 9.17) is 25.8 Å². The van der Waals surface area contributed by atoms with E-state index < -0.39 is 18.1 Å². The second kappa shape index (κ2) is 19.4. The normalized spacial score (nSPS) is 19.0. The summed E-state index contributed by atoms with van der Waals surface area (Å²) < 4.78 is 19.0. The third-order valence-electron chi connectivity index (χ3n) is 11.0. The summed E-state index contributed by atoms with van der Waals surface area (Å²) in [5.41, 5.74) is 7.14. The average molecular weight is 783 g/mol. The summed E-state index contributed by atoms with van der Waals surface area (Å²) >= 11 is 6.86. The molecule has 4 aromatic rings. The number of carboxylic acid groups (broad SMARTS) is 1. The van der Waals surface area contributed by atoms with Crippen molar-refractivity contribution in [3.05, 3.63) is 105 Å². The zero-order valence-electron chi connectivity index (χ0n) is 32.1. The molecule has 2 fully saturated rings. The third kappa shape index (κ3) is 10.2. The van der Waals surface area contributed by atoms with Gasteiger partial charge in [-0.15, -0.1) is 0 Å². The van der Waals surface area contributed by atoms with Gasteiger partial charge in [0.25, 0.3) is 0 Å². The van der Waals surface area contributed by atoms with E-state index in [9.17, 15) is 25.4 Å². The monoisotopic (exact) mass is 782 g/mol. The lowest BCUT2D eigenvalue weighted by Crippen LogP contribution is -2.45. The molecular formula is C44H51ClN4O7. The second-order valence-electron chi connectivity index (χ2n) is 14.8. The largest absolute Gasteiger partial charge is 0.493 e. The van der Waals surface area contributed by atoms with E-state index >= 15 is 0 Å². The molecule has 3 atom stereocenters. The molecule has 3 heterocycles. The lowest BCUT2D eigenvalue weighted by molar-refractivity contribution is -0.144. The van der Waals surface area contributed by atoms with Crippen LogP contribution in [-0.2, 0) is 24.6 Å². The van der Waals surface area contributed by atoms with Crippen LogP contribution in [0.15, 0.2) is 67.0 Å². The number of aliphatic hydroxyl groups is 2. The maximum Gasteiger partial charge on any atom is 0.320 e. The Labute approximate surface area is 334 Å². The number of rotatable bonds is 16. The number of carbonyl (C=O) groups is 1. The number of nitriles is 1. The molecule has 6 rings (SSSR count). The first-order valence-electron chi connectivity index (χ1n) is 19.4. The number of ether oxygens (including phenoxy) is 3. The van der Waals surface area contributed by atoms with Gasteiger partial charge < -0.3 is 34.4 Å². The fourth-order valence-corrected chi connectivity index (χ4v) is 7.93. The predicted octanol–water partition coefficient (Wildman–Crippen LogP) is 6.93. The minimum atomic E-state index is -0.839. The lowest BCUT2D eigenvalue weighted by Gasteiger charge is -2.35. The molecular weight excluding hydrogens is 732 g/mol. The van der Waals surface area contributed by atoms with Crippen LogP contribution in [0.2, 0.25) is 5.02 Å². The van der Waals surface area contributed by atoms with Crippen molar-refractivity contribution >= 4 is 17.6 Å². The molecule has 0 unspecified atom stereocenters. The van der Waals surface area contributed by atoms with Crippen LogP contribution in [0.4, 0.5) is 0 Å². The van der Waals surface area contributed by atoms with Crippen molar-refractivity contribution in [2.45, 2.75) is 77.9 Å². The second-order valence-corrected chi connectivity index (χ2v) is 15.2. The topological polar surface area (TPSA) is 149 Å². The van der Waals surface area contributed by atoms with Crippen molar-refractivity contribution in [2.75, 3.05) is 39.4 Å². The van der Waals surface area contributed by atoms with Gasteiger partial charge in [-0.05, 0) is 98.6 Å². The predicted molar refractivity (Wildman–Crippen MR) is 214 cm³/mol. The Morgan fingerprint density at radius 2 is 1.71 bits per heavy atom. The van der Waals surface area contributed by atoms with Gasteiger partial charge in [0.2, 0.25) is 0 Å². The van der Waals surface area contributed by atoms with Crippen LogP contribution in [0.5, 0.6) is 17.2 Å².